The van der Waals surface area contributed by atoms with E-state index in [2.05, 4.69) is 54.6 Å². The van der Waals surface area contributed by atoms with E-state index < -0.39 is 44.6 Å². The number of hydrogen-bond acceptors (Lipinski definition) is 7. The maximum absolute atomic E-state index is 14.6. The first-order valence-corrected chi connectivity index (χ1v) is 16.6. The zero-order valence-electron chi connectivity index (χ0n) is 28.1. The van der Waals surface area contributed by atoms with Crippen molar-refractivity contribution < 1.29 is 24.3 Å². The third-order valence-electron chi connectivity index (χ3n) is 13.9. The van der Waals surface area contributed by atoms with Gasteiger partial charge in [-0.3, -0.25) is 24.3 Å². The molecule has 6 rings (SSSR count). The number of nitrogens with zero attached hydrogens (tertiary/aromatic N) is 2. The molecule has 1 heterocycles. The molecule has 0 saturated heterocycles. The highest BCUT2D eigenvalue weighted by molar-refractivity contribution is 6.05. The molecule has 4 N–H and O–H groups in total. The Morgan fingerprint density at radius 3 is 2.39 bits per heavy atom. The highest BCUT2D eigenvalue weighted by Gasteiger charge is 2.75. The number of carbonyl (C=O) groups is 4. The molecule has 5 aliphatic carbocycles. The molecule has 0 unspecified atom stereocenters. The maximum Gasteiger partial charge on any atom is 0.254 e. The van der Waals surface area contributed by atoms with Crippen LogP contribution in [-0.2, 0) is 14.4 Å². The van der Waals surface area contributed by atoms with E-state index in [0.717, 1.165) is 24.8 Å². The Balaban J connectivity index is 1.35. The summed E-state index contributed by atoms with van der Waals surface area (Å²) in [7, 11) is 0. The molecule has 0 radical (unpaired) electrons. The summed E-state index contributed by atoms with van der Waals surface area (Å²) in [5.74, 6) is -1.70. The van der Waals surface area contributed by atoms with Gasteiger partial charge in [-0.2, -0.15) is 10.4 Å². The molecular formula is C36H47N5O5. The molecule has 1 aromatic rings. The van der Waals surface area contributed by atoms with Gasteiger partial charge in [0, 0.05) is 33.9 Å². The molecule has 10 heteroatoms. The standard InChI is InChI=1S/C36H47N5O5/c1-30(2)23-8-9-34(6)24(33(23,5)15-21(17-37)28(30)44)14-26(42)36(46)25-16-32(4,12-10-31(25,3)11-13-35(34,36)7)41-27(43)20-38-29(45)22-18-39-40-19-22/h14-15,18-19,23,25,46H,8-13,16,20H2,1-7H3,(H,38,45)(H,39,40)(H,41,43)/t23-,25+,31-,32-,33-,34+,35-,36+/m0/s1. The summed E-state index contributed by atoms with van der Waals surface area (Å²) in [5.41, 5.74) is -4.11. The molecule has 0 bridgehead atoms. The number of aromatic nitrogens is 2. The third kappa shape index (κ3) is 4.12. The van der Waals surface area contributed by atoms with E-state index in [-0.39, 0.29) is 40.9 Å². The van der Waals surface area contributed by atoms with E-state index in [9.17, 15) is 29.5 Å². The Kier molecular flexibility index (Phi) is 7.01. The summed E-state index contributed by atoms with van der Waals surface area (Å²) in [6.07, 6.45) is 11.1. The lowest BCUT2D eigenvalue weighted by Gasteiger charge is -2.71. The van der Waals surface area contributed by atoms with E-state index in [1.54, 1.807) is 12.2 Å². The number of aliphatic hydroxyl groups is 1. The minimum absolute atomic E-state index is 0.0810. The Hall–Kier alpha value is -3.58. The normalized spacial score (nSPS) is 42.6. The summed E-state index contributed by atoms with van der Waals surface area (Å²) in [6.45, 7) is 14.1. The Morgan fingerprint density at radius 2 is 1.74 bits per heavy atom. The second kappa shape index (κ2) is 9.96. The fourth-order valence-electron chi connectivity index (χ4n) is 10.9. The SMILES string of the molecule is CC1(C)C(=O)C(C#N)=C[C@]2(C)C3=CC(=O)[C@]4(O)[C@@H]5C[C@@](C)(NC(=O)CNC(=O)c6cn[nH]c6)CC[C@@]5(C)CC[C@@]4(C)[C@]3(C)CC[C@@H]12. The number of nitriles is 1. The average molecular weight is 630 g/mol. The Labute approximate surface area is 270 Å². The van der Waals surface area contributed by atoms with Crippen molar-refractivity contribution in [2.45, 2.75) is 105 Å². The van der Waals surface area contributed by atoms with Gasteiger partial charge in [-0.05, 0) is 80.3 Å². The third-order valence-corrected chi connectivity index (χ3v) is 13.9. The van der Waals surface area contributed by atoms with Crippen LogP contribution in [0.25, 0.3) is 0 Å². The van der Waals surface area contributed by atoms with Crippen LogP contribution >= 0.6 is 0 Å². The number of H-pyrrole nitrogens is 1. The minimum atomic E-state index is -1.68. The fraction of sp³-hybridized carbons (Fsp3) is 0.667. The number of amides is 2. The van der Waals surface area contributed by atoms with Crippen molar-refractivity contribution in [2.24, 2.45) is 38.9 Å². The second-order valence-corrected chi connectivity index (χ2v) is 16.6. The van der Waals surface area contributed by atoms with E-state index in [4.69, 9.17) is 0 Å². The quantitative estimate of drug-likeness (QED) is 0.385. The molecule has 1 aromatic heterocycles. The van der Waals surface area contributed by atoms with E-state index >= 15 is 0 Å². The summed E-state index contributed by atoms with van der Waals surface area (Å²) in [5, 5.41) is 35.1. The lowest BCUT2D eigenvalue weighted by molar-refractivity contribution is -0.240. The number of carbonyl (C=O) groups excluding carboxylic acids is 4. The molecule has 5 aliphatic rings. The number of aromatic amines is 1. The topological polar surface area (TPSA) is 165 Å². The summed E-state index contributed by atoms with van der Waals surface area (Å²) in [4.78, 5) is 53.4. The van der Waals surface area contributed by atoms with Crippen LogP contribution in [0.5, 0.6) is 0 Å². The number of fused-ring (bicyclic) bond motifs is 7. The van der Waals surface area contributed by atoms with Crippen LogP contribution in [0, 0.1) is 50.2 Å². The summed E-state index contributed by atoms with van der Waals surface area (Å²) < 4.78 is 0. The first-order valence-electron chi connectivity index (χ1n) is 16.6. The highest BCUT2D eigenvalue weighted by Crippen LogP contribution is 2.75. The van der Waals surface area contributed by atoms with E-state index in [1.165, 1.54) is 12.4 Å². The Bertz CT molecular complexity index is 1640. The first kappa shape index (κ1) is 32.4. The predicted molar refractivity (Wildman–Crippen MR) is 170 cm³/mol. The zero-order chi connectivity index (χ0) is 33.7. The smallest absolute Gasteiger partial charge is 0.254 e. The predicted octanol–water partition coefficient (Wildman–Crippen LogP) is 4.34. The Morgan fingerprint density at radius 1 is 1.04 bits per heavy atom. The van der Waals surface area contributed by atoms with E-state index in [0.29, 0.717) is 31.2 Å². The highest BCUT2D eigenvalue weighted by atomic mass is 16.3. The van der Waals surface area contributed by atoms with Crippen LogP contribution in [0.1, 0.15) is 104 Å². The molecular weight excluding hydrogens is 582 g/mol. The maximum atomic E-state index is 14.6. The average Bonchev–Trinajstić information content (AvgIpc) is 3.54. The molecule has 0 aromatic carbocycles. The number of allylic oxidation sites excluding steroid dienone is 3. The number of rotatable bonds is 4. The molecule has 46 heavy (non-hydrogen) atoms. The molecule has 0 aliphatic heterocycles. The van der Waals surface area contributed by atoms with Crippen LogP contribution in [0.15, 0.2) is 35.7 Å². The van der Waals surface area contributed by atoms with Crippen molar-refractivity contribution in [3.63, 3.8) is 0 Å². The van der Waals surface area contributed by atoms with Crippen molar-refractivity contribution in [2.75, 3.05) is 6.54 Å². The lowest BCUT2D eigenvalue weighted by atomic mass is 9.33. The van der Waals surface area contributed by atoms with Crippen LogP contribution in [0.3, 0.4) is 0 Å². The number of Topliss-reactive ketones (excluding diaryl/α,β-unsaturated/α-hetero) is 1. The zero-order valence-corrected chi connectivity index (χ0v) is 28.1. The molecule has 246 valence electrons. The lowest BCUT2D eigenvalue weighted by Crippen LogP contribution is -2.74. The van der Waals surface area contributed by atoms with Crippen LogP contribution in [-0.4, -0.2) is 56.4 Å². The van der Waals surface area contributed by atoms with Crippen molar-refractivity contribution >= 4 is 23.4 Å². The largest absolute Gasteiger partial charge is 0.381 e. The van der Waals surface area contributed by atoms with Gasteiger partial charge in [0.25, 0.3) is 5.91 Å². The van der Waals surface area contributed by atoms with Crippen LogP contribution < -0.4 is 10.6 Å². The molecule has 3 fully saturated rings. The second-order valence-electron chi connectivity index (χ2n) is 16.6. The van der Waals surface area contributed by atoms with Gasteiger partial charge in [0.1, 0.15) is 11.7 Å². The molecule has 2 amide bonds. The van der Waals surface area contributed by atoms with Gasteiger partial charge < -0.3 is 15.7 Å². The van der Waals surface area contributed by atoms with Gasteiger partial charge in [0.15, 0.2) is 11.6 Å². The van der Waals surface area contributed by atoms with Gasteiger partial charge in [0.2, 0.25) is 5.91 Å². The van der Waals surface area contributed by atoms with Gasteiger partial charge in [0.05, 0.1) is 23.9 Å². The first-order chi connectivity index (χ1) is 21.3. The molecule has 8 atom stereocenters. The van der Waals surface area contributed by atoms with Crippen molar-refractivity contribution in [1.29, 1.82) is 5.26 Å². The fourth-order valence-corrected chi connectivity index (χ4v) is 10.9. The monoisotopic (exact) mass is 629 g/mol. The number of nitrogens with one attached hydrogen (secondary N) is 3. The minimum Gasteiger partial charge on any atom is -0.381 e. The van der Waals surface area contributed by atoms with E-state index in [1.807, 2.05) is 20.8 Å². The summed E-state index contributed by atoms with van der Waals surface area (Å²) >= 11 is 0. The van der Waals surface area contributed by atoms with Crippen LogP contribution in [0.2, 0.25) is 0 Å². The van der Waals surface area contributed by atoms with Crippen molar-refractivity contribution in [1.82, 2.24) is 20.8 Å². The van der Waals surface area contributed by atoms with Gasteiger partial charge in [-0.15, -0.1) is 0 Å². The summed E-state index contributed by atoms with van der Waals surface area (Å²) in [6, 6.07) is 2.14. The van der Waals surface area contributed by atoms with Crippen LogP contribution in [0.4, 0.5) is 0 Å². The van der Waals surface area contributed by atoms with Gasteiger partial charge >= 0.3 is 0 Å². The molecule has 0 spiro atoms. The number of ketones is 2. The molecule has 10 nitrogen and oxygen atoms in total. The molecule has 3 saturated carbocycles. The van der Waals surface area contributed by atoms with Gasteiger partial charge in [-0.1, -0.05) is 47.6 Å². The van der Waals surface area contributed by atoms with Gasteiger partial charge in [-0.25, -0.2) is 0 Å². The van der Waals surface area contributed by atoms with Crippen molar-refractivity contribution in [3.05, 3.63) is 41.3 Å². The number of hydrogen-bond donors (Lipinski definition) is 4. The van der Waals surface area contributed by atoms with Crippen molar-refractivity contribution in [3.8, 4) is 6.07 Å².